The van der Waals surface area contributed by atoms with E-state index >= 15 is 0 Å². The second-order valence-corrected chi connectivity index (χ2v) is 10.1. The molecule has 156 valence electrons. The number of benzene rings is 1. The van der Waals surface area contributed by atoms with Gasteiger partial charge in [-0.1, -0.05) is 17.7 Å². The summed E-state index contributed by atoms with van der Waals surface area (Å²) < 4.78 is 31.7. The van der Waals surface area contributed by atoms with Gasteiger partial charge in [-0.25, -0.2) is 8.42 Å². The summed E-state index contributed by atoms with van der Waals surface area (Å²) >= 11 is 6.77. The smallest absolute Gasteiger partial charge is 0.264 e. The fourth-order valence-electron chi connectivity index (χ4n) is 2.70. The molecule has 3 rings (SSSR count). The molecule has 1 aliphatic heterocycles. The van der Waals surface area contributed by atoms with E-state index in [4.69, 9.17) is 16.3 Å². The molecule has 1 fully saturated rings. The number of nitrogens with one attached hydrogen (secondary N) is 1. The summed E-state index contributed by atoms with van der Waals surface area (Å²) in [5, 5.41) is 3.06. The minimum absolute atomic E-state index is 0.00663. The Kier molecular flexibility index (Phi) is 6.91. The number of rotatable bonds is 6. The fraction of sp³-hybridized carbons (Fsp3) is 0.333. The van der Waals surface area contributed by atoms with Crippen LogP contribution in [0.25, 0.3) is 0 Å². The van der Waals surface area contributed by atoms with E-state index in [9.17, 15) is 18.0 Å². The highest BCUT2D eigenvalue weighted by molar-refractivity contribution is 7.91. The lowest BCUT2D eigenvalue weighted by Crippen LogP contribution is -2.40. The van der Waals surface area contributed by atoms with E-state index in [0.717, 1.165) is 15.6 Å². The number of amides is 2. The van der Waals surface area contributed by atoms with Crippen molar-refractivity contribution in [1.82, 2.24) is 9.21 Å². The van der Waals surface area contributed by atoms with Gasteiger partial charge in [0, 0.05) is 30.8 Å². The largest absolute Gasteiger partial charge is 0.378 e. The summed E-state index contributed by atoms with van der Waals surface area (Å²) in [5.74, 6) is -0.722. The van der Waals surface area contributed by atoms with Gasteiger partial charge in [-0.05, 0) is 30.3 Å². The highest BCUT2D eigenvalue weighted by Crippen LogP contribution is 2.26. The summed E-state index contributed by atoms with van der Waals surface area (Å²) in [6.45, 7) is 1.50. The molecule has 29 heavy (non-hydrogen) atoms. The Labute approximate surface area is 178 Å². The van der Waals surface area contributed by atoms with Gasteiger partial charge >= 0.3 is 0 Å². The van der Waals surface area contributed by atoms with Crippen molar-refractivity contribution in [2.75, 3.05) is 45.2 Å². The quantitative estimate of drug-likeness (QED) is 0.716. The van der Waals surface area contributed by atoms with E-state index in [0.29, 0.717) is 41.9 Å². The summed E-state index contributed by atoms with van der Waals surface area (Å²) in [6, 6.07) is 9.45. The first-order chi connectivity index (χ1) is 13.8. The summed E-state index contributed by atoms with van der Waals surface area (Å²) in [5.41, 5.74) is 0.475. The van der Waals surface area contributed by atoms with Crippen molar-refractivity contribution >= 4 is 50.5 Å². The van der Waals surface area contributed by atoms with Gasteiger partial charge in [0.15, 0.2) is 0 Å². The number of morpholine rings is 1. The van der Waals surface area contributed by atoms with Crippen LogP contribution in [-0.2, 0) is 19.6 Å². The lowest BCUT2D eigenvalue weighted by atomic mass is 10.3. The molecule has 0 atom stereocenters. The van der Waals surface area contributed by atoms with Crippen LogP contribution >= 0.6 is 22.9 Å². The van der Waals surface area contributed by atoms with E-state index in [1.54, 1.807) is 29.2 Å². The Morgan fingerprint density at radius 3 is 2.66 bits per heavy atom. The first kappa shape index (κ1) is 21.7. The number of halogens is 1. The fourth-order valence-corrected chi connectivity index (χ4v) is 5.51. The number of likely N-dealkylation sites (N-methyl/N-ethyl adjacent to an activating group) is 1. The Balaban J connectivity index is 1.65. The molecule has 0 aliphatic carbocycles. The maximum absolute atomic E-state index is 12.8. The number of hydrogen-bond acceptors (Lipinski definition) is 6. The van der Waals surface area contributed by atoms with E-state index < -0.39 is 15.9 Å². The van der Waals surface area contributed by atoms with Gasteiger partial charge in [0.1, 0.15) is 4.21 Å². The van der Waals surface area contributed by atoms with Crippen molar-refractivity contribution in [2.45, 2.75) is 4.21 Å². The third-order valence-electron chi connectivity index (χ3n) is 4.23. The zero-order valence-electron chi connectivity index (χ0n) is 15.6. The Morgan fingerprint density at radius 2 is 1.97 bits per heavy atom. The van der Waals surface area contributed by atoms with Crippen LogP contribution in [0, 0.1) is 0 Å². The topological polar surface area (TPSA) is 96.0 Å². The average molecular weight is 458 g/mol. The number of ether oxygens (including phenoxy) is 1. The standard InChI is InChI=1S/C18H20ClN3O5S2/c1-21(12-16(23)20-14-4-2-3-13(19)11-14)29(25,26)17-6-5-15(28-17)18(24)22-7-9-27-10-8-22/h2-6,11H,7-10,12H2,1H3,(H,20,23). The van der Waals surface area contributed by atoms with Gasteiger partial charge in [0.25, 0.3) is 15.9 Å². The molecule has 0 spiro atoms. The number of carbonyl (C=O) groups excluding carboxylic acids is 2. The number of anilines is 1. The minimum Gasteiger partial charge on any atom is -0.378 e. The first-order valence-corrected chi connectivity index (χ1v) is 11.4. The molecule has 0 bridgehead atoms. The summed E-state index contributed by atoms with van der Waals surface area (Å²) in [6.07, 6.45) is 0. The molecule has 2 amide bonds. The van der Waals surface area contributed by atoms with Gasteiger partial charge in [-0.2, -0.15) is 4.31 Å². The molecular formula is C18H20ClN3O5S2. The lowest BCUT2D eigenvalue weighted by molar-refractivity contribution is -0.116. The van der Waals surface area contributed by atoms with Gasteiger partial charge in [-0.15, -0.1) is 11.3 Å². The van der Waals surface area contributed by atoms with E-state index in [1.165, 1.54) is 19.2 Å². The van der Waals surface area contributed by atoms with Crippen molar-refractivity contribution in [3.63, 3.8) is 0 Å². The van der Waals surface area contributed by atoms with E-state index in [1.807, 2.05) is 0 Å². The van der Waals surface area contributed by atoms with Crippen LogP contribution in [0.1, 0.15) is 9.67 Å². The van der Waals surface area contributed by atoms with Crippen molar-refractivity contribution < 1.29 is 22.7 Å². The molecule has 1 aromatic heterocycles. The summed E-state index contributed by atoms with van der Waals surface area (Å²) in [7, 11) is -2.59. The molecule has 1 saturated heterocycles. The molecule has 1 N–H and O–H groups in total. The van der Waals surface area contributed by atoms with Crippen LogP contribution in [0.2, 0.25) is 5.02 Å². The number of carbonyl (C=O) groups is 2. The SMILES string of the molecule is CN(CC(=O)Nc1cccc(Cl)c1)S(=O)(=O)c1ccc(C(=O)N2CCOCC2)s1. The van der Waals surface area contributed by atoms with Crippen LogP contribution in [0.4, 0.5) is 5.69 Å². The highest BCUT2D eigenvalue weighted by atomic mass is 35.5. The maximum atomic E-state index is 12.8. The normalized spacial score (nSPS) is 14.8. The van der Waals surface area contributed by atoms with Crippen LogP contribution in [0.3, 0.4) is 0 Å². The zero-order valence-corrected chi connectivity index (χ0v) is 18.0. The van der Waals surface area contributed by atoms with Gasteiger partial charge < -0.3 is 15.0 Å². The molecule has 2 aromatic rings. The highest BCUT2D eigenvalue weighted by Gasteiger charge is 2.27. The third kappa shape index (κ3) is 5.34. The third-order valence-corrected chi connectivity index (χ3v) is 7.81. The van der Waals surface area contributed by atoms with Crippen molar-refractivity contribution in [2.24, 2.45) is 0 Å². The van der Waals surface area contributed by atoms with Gasteiger partial charge in [0.2, 0.25) is 5.91 Å². The van der Waals surface area contributed by atoms with Gasteiger partial charge in [0.05, 0.1) is 24.6 Å². The monoisotopic (exact) mass is 457 g/mol. The molecule has 8 nitrogen and oxygen atoms in total. The van der Waals surface area contributed by atoms with Crippen molar-refractivity contribution in [1.29, 1.82) is 0 Å². The Hall–Kier alpha value is -1.98. The predicted octanol–water partition coefficient (Wildman–Crippen LogP) is 2.13. The van der Waals surface area contributed by atoms with E-state index in [2.05, 4.69) is 5.32 Å². The second kappa shape index (κ2) is 9.23. The Bertz CT molecular complexity index is 1000. The Morgan fingerprint density at radius 1 is 1.24 bits per heavy atom. The van der Waals surface area contributed by atoms with Crippen molar-refractivity contribution in [3.05, 3.63) is 46.3 Å². The predicted molar refractivity (Wildman–Crippen MR) is 111 cm³/mol. The minimum atomic E-state index is -3.91. The first-order valence-electron chi connectivity index (χ1n) is 8.76. The van der Waals surface area contributed by atoms with Gasteiger partial charge in [-0.3, -0.25) is 9.59 Å². The number of nitrogens with zero attached hydrogens (tertiary/aromatic N) is 2. The lowest BCUT2D eigenvalue weighted by Gasteiger charge is -2.26. The average Bonchev–Trinajstić information content (AvgIpc) is 3.19. The number of sulfonamides is 1. The molecule has 0 saturated carbocycles. The van der Waals surface area contributed by atoms with Crippen LogP contribution < -0.4 is 5.32 Å². The molecule has 2 heterocycles. The maximum Gasteiger partial charge on any atom is 0.264 e. The molecule has 0 radical (unpaired) electrons. The zero-order chi connectivity index (χ0) is 21.0. The van der Waals surface area contributed by atoms with Crippen LogP contribution in [0.5, 0.6) is 0 Å². The molecule has 1 aliphatic rings. The van der Waals surface area contributed by atoms with Crippen LogP contribution in [0.15, 0.2) is 40.6 Å². The second-order valence-electron chi connectivity index (χ2n) is 6.34. The molecule has 0 unspecified atom stereocenters. The molecule has 11 heteroatoms. The van der Waals surface area contributed by atoms with Crippen molar-refractivity contribution in [3.8, 4) is 0 Å². The van der Waals surface area contributed by atoms with Crippen LogP contribution in [-0.4, -0.2) is 69.3 Å². The van der Waals surface area contributed by atoms with E-state index in [-0.39, 0.29) is 16.7 Å². The number of hydrogen-bond donors (Lipinski definition) is 1. The summed E-state index contributed by atoms with van der Waals surface area (Å²) in [4.78, 5) is 26.7. The molecule has 1 aromatic carbocycles. The number of thiophene rings is 1. The molecular weight excluding hydrogens is 438 g/mol.